The van der Waals surface area contributed by atoms with E-state index in [4.69, 9.17) is 28.9 Å². The molecule has 1 aromatic rings. The second kappa shape index (κ2) is 7.07. The summed E-state index contributed by atoms with van der Waals surface area (Å²) in [5, 5.41) is 17.3. The molecule has 0 spiro atoms. The van der Waals surface area contributed by atoms with E-state index in [1.807, 2.05) is 0 Å². The molecule has 1 atom stereocenters. The third kappa shape index (κ3) is 7.56. The lowest BCUT2D eigenvalue weighted by Crippen LogP contribution is -2.32. The van der Waals surface area contributed by atoms with Gasteiger partial charge < -0.3 is 15.9 Å². The highest BCUT2D eigenvalue weighted by Crippen LogP contribution is 2.20. The Balaban J connectivity index is 0.000000621. The number of halogens is 3. The van der Waals surface area contributed by atoms with E-state index in [-0.39, 0.29) is 12.0 Å². The van der Waals surface area contributed by atoms with Crippen LogP contribution in [0.3, 0.4) is 0 Å². The lowest BCUT2D eigenvalue weighted by molar-refractivity contribution is -0.138. The molecule has 1 unspecified atom stereocenters. The largest absolute Gasteiger partial charge is 0.505 e. The summed E-state index contributed by atoms with van der Waals surface area (Å²) in [5.41, 5.74) is 4.97. The molecule has 1 rings (SSSR count). The van der Waals surface area contributed by atoms with E-state index >= 15 is 0 Å². The van der Waals surface area contributed by atoms with Crippen LogP contribution in [0.1, 0.15) is 5.56 Å². The maximum Gasteiger partial charge on any atom is 0.435 e. The maximum atomic E-state index is 13.1. The SMILES string of the molecule is NC(Cc1cc(F)c(O)cc1F)C(=O)O.O=S(=O)(O)F. The first kappa shape index (κ1) is 18.1. The number of phenolic OH excluding ortho intramolecular Hbond substituents is 1. The molecule has 0 bridgehead atoms. The molecule has 0 amide bonds. The van der Waals surface area contributed by atoms with E-state index < -0.39 is 39.9 Å². The molecule has 7 nitrogen and oxygen atoms in total. The van der Waals surface area contributed by atoms with Crippen molar-refractivity contribution < 1.29 is 40.6 Å². The Labute approximate surface area is 111 Å². The topological polar surface area (TPSA) is 138 Å². The van der Waals surface area contributed by atoms with Crippen LogP contribution in [-0.2, 0) is 21.7 Å². The number of aliphatic carboxylic acids is 1. The summed E-state index contributed by atoms with van der Waals surface area (Å²) in [7, 11) is -5.17. The monoisotopic (exact) mass is 317 g/mol. The Bertz CT molecular complexity index is 584. The van der Waals surface area contributed by atoms with Crippen LogP contribution in [0, 0.1) is 11.6 Å². The molecule has 0 radical (unpaired) electrons. The highest BCUT2D eigenvalue weighted by Gasteiger charge is 2.16. The van der Waals surface area contributed by atoms with Crippen molar-refractivity contribution in [1.82, 2.24) is 0 Å². The van der Waals surface area contributed by atoms with E-state index in [0.29, 0.717) is 6.07 Å². The second-order valence-electron chi connectivity index (χ2n) is 3.46. The Morgan fingerprint density at radius 2 is 1.75 bits per heavy atom. The number of hydrogen-bond acceptors (Lipinski definition) is 5. The second-order valence-corrected chi connectivity index (χ2v) is 4.28. The fraction of sp³-hybridized carbons (Fsp3) is 0.222. The van der Waals surface area contributed by atoms with Crippen molar-refractivity contribution in [3.63, 3.8) is 0 Å². The summed E-state index contributed by atoms with van der Waals surface area (Å²) < 4.78 is 60.0. The predicted molar refractivity (Wildman–Crippen MR) is 60.0 cm³/mol. The highest BCUT2D eigenvalue weighted by atomic mass is 32.3. The Morgan fingerprint density at radius 1 is 1.30 bits per heavy atom. The zero-order valence-corrected chi connectivity index (χ0v) is 10.4. The van der Waals surface area contributed by atoms with Gasteiger partial charge in [-0.1, -0.05) is 3.89 Å². The van der Waals surface area contributed by atoms with Crippen LogP contribution in [-0.4, -0.2) is 35.2 Å². The van der Waals surface area contributed by atoms with E-state index in [0.717, 1.165) is 6.07 Å². The molecule has 11 heteroatoms. The number of rotatable bonds is 3. The minimum atomic E-state index is -5.17. The Kier molecular flexibility index (Phi) is 6.42. The molecule has 0 aliphatic carbocycles. The van der Waals surface area contributed by atoms with Gasteiger partial charge in [0.05, 0.1) is 0 Å². The number of carbonyl (C=O) groups is 1. The van der Waals surface area contributed by atoms with Crippen molar-refractivity contribution in [2.24, 2.45) is 5.73 Å². The third-order valence-corrected chi connectivity index (χ3v) is 1.87. The normalized spacial score (nSPS) is 12.2. The van der Waals surface area contributed by atoms with Crippen LogP contribution in [0.2, 0.25) is 0 Å². The summed E-state index contributed by atoms with van der Waals surface area (Å²) in [6, 6.07) is 0.00984. The molecule has 0 fully saturated rings. The number of hydrogen-bond donors (Lipinski definition) is 4. The summed E-state index contributed by atoms with van der Waals surface area (Å²) in [5.74, 6) is -4.02. The molecular weight excluding hydrogens is 307 g/mol. The lowest BCUT2D eigenvalue weighted by Gasteiger charge is -2.08. The van der Waals surface area contributed by atoms with Crippen molar-refractivity contribution >= 4 is 16.5 Å². The van der Waals surface area contributed by atoms with Gasteiger partial charge in [-0.05, 0) is 11.6 Å². The molecule has 0 saturated carbocycles. The summed E-state index contributed by atoms with van der Waals surface area (Å²) in [6.45, 7) is 0. The standard InChI is InChI=1S/C9H9F2NO3.FHO3S/c10-5-3-8(13)6(11)1-4(5)2-7(12)9(14)15;1-5(2,3)4/h1,3,7,13H,2,12H2,(H,14,15);(H,2,3,4). The molecule has 0 aliphatic rings. The van der Waals surface area contributed by atoms with Crippen LogP contribution in [0.4, 0.5) is 12.7 Å². The van der Waals surface area contributed by atoms with Gasteiger partial charge in [0.15, 0.2) is 11.6 Å². The van der Waals surface area contributed by atoms with Gasteiger partial charge in [0.1, 0.15) is 11.9 Å². The van der Waals surface area contributed by atoms with Crippen molar-refractivity contribution in [3.05, 3.63) is 29.3 Å². The molecule has 0 aliphatic heterocycles. The van der Waals surface area contributed by atoms with Crippen LogP contribution in [0.15, 0.2) is 12.1 Å². The molecule has 20 heavy (non-hydrogen) atoms. The highest BCUT2D eigenvalue weighted by molar-refractivity contribution is 7.80. The quantitative estimate of drug-likeness (QED) is 0.467. The maximum absolute atomic E-state index is 13.1. The van der Waals surface area contributed by atoms with Gasteiger partial charge in [0, 0.05) is 12.5 Å². The van der Waals surface area contributed by atoms with Gasteiger partial charge in [0.2, 0.25) is 0 Å². The summed E-state index contributed by atoms with van der Waals surface area (Å²) in [6.07, 6.45) is -0.335. The Hall–Kier alpha value is -1.85. The number of benzene rings is 1. The van der Waals surface area contributed by atoms with E-state index in [1.54, 1.807) is 0 Å². The number of carboxylic acids is 1. The molecule has 5 N–H and O–H groups in total. The van der Waals surface area contributed by atoms with Gasteiger partial charge >= 0.3 is 16.5 Å². The summed E-state index contributed by atoms with van der Waals surface area (Å²) >= 11 is 0. The first-order chi connectivity index (χ1) is 8.91. The molecule has 0 saturated heterocycles. The van der Waals surface area contributed by atoms with Crippen LogP contribution in [0.25, 0.3) is 0 Å². The third-order valence-electron chi connectivity index (χ3n) is 1.87. The average molecular weight is 317 g/mol. The first-order valence-corrected chi connectivity index (χ1v) is 6.08. The van der Waals surface area contributed by atoms with E-state index in [9.17, 15) is 17.5 Å². The summed E-state index contributed by atoms with van der Waals surface area (Å²) in [4.78, 5) is 10.4. The zero-order chi connectivity index (χ0) is 16.1. The van der Waals surface area contributed by atoms with Gasteiger partial charge in [-0.3, -0.25) is 9.35 Å². The van der Waals surface area contributed by atoms with Crippen LogP contribution < -0.4 is 5.73 Å². The molecule has 0 heterocycles. The van der Waals surface area contributed by atoms with Gasteiger partial charge in [0.25, 0.3) is 0 Å². The van der Waals surface area contributed by atoms with Crippen molar-refractivity contribution in [1.29, 1.82) is 0 Å². The van der Waals surface area contributed by atoms with Gasteiger partial charge in [-0.2, -0.15) is 8.42 Å². The zero-order valence-electron chi connectivity index (χ0n) is 9.63. The number of carboxylic acid groups (broad SMARTS) is 1. The Morgan fingerprint density at radius 3 is 2.15 bits per heavy atom. The number of nitrogens with two attached hydrogens (primary N) is 1. The smallest absolute Gasteiger partial charge is 0.435 e. The molecular formula is C9H10F3NO6S. The number of aromatic hydroxyl groups is 1. The van der Waals surface area contributed by atoms with Crippen molar-refractivity contribution in [2.45, 2.75) is 12.5 Å². The van der Waals surface area contributed by atoms with Crippen LogP contribution in [0.5, 0.6) is 5.75 Å². The molecule has 1 aromatic carbocycles. The minimum absolute atomic E-state index is 0.180. The number of phenols is 1. The van der Waals surface area contributed by atoms with Gasteiger partial charge in [-0.25, -0.2) is 8.78 Å². The minimum Gasteiger partial charge on any atom is -0.505 e. The van der Waals surface area contributed by atoms with Crippen molar-refractivity contribution in [2.75, 3.05) is 0 Å². The fourth-order valence-electron chi connectivity index (χ4n) is 1.06. The van der Waals surface area contributed by atoms with Crippen LogP contribution >= 0.6 is 0 Å². The van der Waals surface area contributed by atoms with E-state index in [1.165, 1.54) is 0 Å². The predicted octanol–water partition coefficient (Wildman–Crippen LogP) is 0.384. The fourth-order valence-corrected chi connectivity index (χ4v) is 1.06. The lowest BCUT2D eigenvalue weighted by atomic mass is 10.1. The first-order valence-electron chi connectivity index (χ1n) is 4.74. The molecule has 114 valence electrons. The average Bonchev–Trinajstić information content (AvgIpc) is 2.23. The molecule has 0 aromatic heterocycles. The van der Waals surface area contributed by atoms with E-state index in [2.05, 4.69) is 0 Å². The van der Waals surface area contributed by atoms with Crippen molar-refractivity contribution in [3.8, 4) is 5.75 Å². The van der Waals surface area contributed by atoms with Gasteiger partial charge in [-0.15, -0.1) is 0 Å².